The van der Waals surface area contributed by atoms with Crippen LogP contribution in [0.2, 0.25) is 0 Å². The first kappa shape index (κ1) is 22.9. The van der Waals surface area contributed by atoms with Crippen molar-refractivity contribution in [1.29, 1.82) is 0 Å². The number of rotatable bonds is 6. The molecule has 10 heteroatoms. The van der Waals surface area contributed by atoms with E-state index in [-0.39, 0.29) is 17.4 Å². The molecular formula is C25H22FN5O3S. The average Bonchev–Trinajstić information content (AvgIpc) is 3.56. The van der Waals surface area contributed by atoms with Gasteiger partial charge in [0.05, 0.1) is 11.3 Å². The third-order valence-corrected chi connectivity index (χ3v) is 7.13. The summed E-state index contributed by atoms with van der Waals surface area (Å²) in [5.74, 6) is -0.464. The summed E-state index contributed by atoms with van der Waals surface area (Å²) in [6, 6.07) is 15.2. The Balaban J connectivity index is 1.22. The highest BCUT2D eigenvalue weighted by molar-refractivity contribution is 7.15. The molecule has 0 saturated carbocycles. The Morgan fingerprint density at radius 2 is 1.91 bits per heavy atom. The van der Waals surface area contributed by atoms with Crippen LogP contribution in [-0.4, -0.2) is 56.4 Å². The van der Waals surface area contributed by atoms with E-state index in [2.05, 4.69) is 16.0 Å². The van der Waals surface area contributed by atoms with E-state index in [1.165, 1.54) is 29.4 Å². The van der Waals surface area contributed by atoms with Gasteiger partial charge >= 0.3 is 0 Å². The molecule has 0 bridgehead atoms. The van der Waals surface area contributed by atoms with E-state index in [1.54, 1.807) is 51.4 Å². The second kappa shape index (κ2) is 9.77. The van der Waals surface area contributed by atoms with Crippen LogP contribution in [0.4, 0.5) is 10.1 Å². The molecule has 2 aromatic carbocycles. The predicted octanol–water partition coefficient (Wildman–Crippen LogP) is 4.61. The van der Waals surface area contributed by atoms with Crippen LogP contribution in [0.1, 0.15) is 15.2 Å². The molecule has 1 aliphatic rings. The van der Waals surface area contributed by atoms with E-state index >= 15 is 0 Å². The van der Waals surface area contributed by atoms with Crippen molar-refractivity contribution in [2.75, 3.05) is 26.2 Å². The maximum atomic E-state index is 13.5. The molecule has 4 aromatic rings. The lowest BCUT2D eigenvalue weighted by molar-refractivity contribution is -0.384. The van der Waals surface area contributed by atoms with Gasteiger partial charge < -0.3 is 9.47 Å². The van der Waals surface area contributed by atoms with Crippen molar-refractivity contribution in [2.45, 2.75) is 6.54 Å². The lowest BCUT2D eigenvalue weighted by atomic mass is 10.1. The van der Waals surface area contributed by atoms with Crippen molar-refractivity contribution in [2.24, 2.45) is 0 Å². The van der Waals surface area contributed by atoms with Crippen molar-refractivity contribution >= 4 is 22.9 Å². The number of nitro groups is 1. The molecule has 0 radical (unpaired) electrons. The van der Waals surface area contributed by atoms with Crippen LogP contribution in [0.5, 0.6) is 0 Å². The highest BCUT2D eigenvalue weighted by Crippen LogP contribution is 2.30. The molecule has 35 heavy (non-hydrogen) atoms. The first-order valence-corrected chi connectivity index (χ1v) is 11.9. The number of imidazole rings is 1. The standard InChI is InChI=1S/C25H22FN5O3S/c26-20-3-1-2-18(14-20)24-7-5-21(35-24)16-28-10-12-29(13-11-28)25(32)19-4-6-22(23(15-19)31(33)34)30-9-8-27-17-30/h1-9,14-15,17H,10-13,16H2. The zero-order valence-corrected chi connectivity index (χ0v) is 19.5. The van der Waals surface area contributed by atoms with E-state index in [4.69, 9.17) is 0 Å². The van der Waals surface area contributed by atoms with Gasteiger partial charge in [0.25, 0.3) is 11.6 Å². The smallest absolute Gasteiger partial charge is 0.294 e. The molecule has 0 N–H and O–H groups in total. The van der Waals surface area contributed by atoms with Crippen molar-refractivity contribution in [3.8, 4) is 16.1 Å². The second-order valence-electron chi connectivity index (χ2n) is 8.28. The van der Waals surface area contributed by atoms with Gasteiger partial charge in [0, 0.05) is 66.5 Å². The molecule has 1 fully saturated rings. The lowest BCUT2D eigenvalue weighted by Gasteiger charge is -2.34. The number of hydrogen-bond acceptors (Lipinski definition) is 6. The first-order chi connectivity index (χ1) is 17.0. The van der Waals surface area contributed by atoms with Crippen LogP contribution in [-0.2, 0) is 6.54 Å². The van der Waals surface area contributed by atoms with Crippen LogP contribution in [0.25, 0.3) is 16.1 Å². The molecule has 2 aromatic heterocycles. The number of carbonyl (C=O) groups excluding carboxylic acids is 1. The molecule has 1 saturated heterocycles. The summed E-state index contributed by atoms with van der Waals surface area (Å²) in [6.07, 6.45) is 4.65. The Bertz CT molecular complexity index is 1360. The first-order valence-electron chi connectivity index (χ1n) is 11.1. The van der Waals surface area contributed by atoms with Crippen LogP contribution in [0.3, 0.4) is 0 Å². The number of piperazine rings is 1. The zero-order valence-electron chi connectivity index (χ0n) is 18.7. The van der Waals surface area contributed by atoms with Gasteiger partial charge in [-0.15, -0.1) is 11.3 Å². The fourth-order valence-corrected chi connectivity index (χ4v) is 5.24. The lowest BCUT2D eigenvalue weighted by Crippen LogP contribution is -2.48. The van der Waals surface area contributed by atoms with Crippen LogP contribution < -0.4 is 0 Å². The molecule has 0 aliphatic carbocycles. The SMILES string of the molecule is O=C(c1ccc(-n2ccnc2)c([N+](=O)[O-])c1)N1CCN(Cc2ccc(-c3cccc(F)c3)s2)CC1. The molecular weight excluding hydrogens is 469 g/mol. The van der Waals surface area contributed by atoms with Crippen molar-refractivity contribution in [3.05, 3.63) is 99.7 Å². The fourth-order valence-electron chi connectivity index (χ4n) is 4.19. The number of carbonyl (C=O) groups is 1. The summed E-state index contributed by atoms with van der Waals surface area (Å²) < 4.78 is 15.1. The highest BCUT2D eigenvalue weighted by atomic mass is 32.1. The molecule has 0 spiro atoms. The molecule has 1 aliphatic heterocycles. The van der Waals surface area contributed by atoms with Crippen molar-refractivity contribution < 1.29 is 14.1 Å². The Kier molecular flexibility index (Phi) is 6.39. The largest absolute Gasteiger partial charge is 0.336 e. The van der Waals surface area contributed by atoms with Crippen LogP contribution >= 0.6 is 11.3 Å². The maximum Gasteiger partial charge on any atom is 0.294 e. The minimum Gasteiger partial charge on any atom is -0.336 e. The Labute approximate surface area is 205 Å². The van der Waals surface area contributed by atoms with Gasteiger partial charge in [-0.25, -0.2) is 9.37 Å². The summed E-state index contributed by atoms with van der Waals surface area (Å²) >= 11 is 1.64. The van der Waals surface area contributed by atoms with Gasteiger partial charge in [0.1, 0.15) is 11.5 Å². The van der Waals surface area contributed by atoms with Crippen molar-refractivity contribution in [1.82, 2.24) is 19.4 Å². The van der Waals surface area contributed by atoms with Gasteiger partial charge in [0.2, 0.25) is 0 Å². The Hall–Kier alpha value is -3.89. The van der Waals surface area contributed by atoms with Gasteiger partial charge in [-0.05, 0) is 42.0 Å². The third kappa shape index (κ3) is 4.98. The molecule has 5 rings (SSSR count). The minimum atomic E-state index is -0.483. The molecule has 1 amide bonds. The number of halogens is 1. The molecule has 8 nitrogen and oxygen atoms in total. The normalized spacial score (nSPS) is 14.3. The van der Waals surface area contributed by atoms with Gasteiger partial charge in [-0.3, -0.25) is 19.8 Å². The summed E-state index contributed by atoms with van der Waals surface area (Å²) in [5, 5.41) is 11.6. The fraction of sp³-hybridized carbons (Fsp3) is 0.200. The Morgan fingerprint density at radius 3 is 2.63 bits per heavy atom. The van der Waals surface area contributed by atoms with E-state index in [9.17, 15) is 19.3 Å². The number of amides is 1. The topological polar surface area (TPSA) is 84.5 Å². The number of nitro benzene ring substituents is 1. The molecule has 178 valence electrons. The van der Waals surface area contributed by atoms with E-state index in [0.717, 1.165) is 17.0 Å². The molecule has 0 unspecified atom stereocenters. The molecule has 3 heterocycles. The van der Waals surface area contributed by atoms with Gasteiger partial charge in [0.15, 0.2) is 0 Å². The van der Waals surface area contributed by atoms with E-state index in [1.807, 2.05) is 12.1 Å². The quantitative estimate of drug-likeness (QED) is 0.291. The van der Waals surface area contributed by atoms with Gasteiger partial charge in [-0.1, -0.05) is 12.1 Å². The summed E-state index contributed by atoms with van der Waals surface area (Å²) in [7, 11) is 0. The summed E-state index contributed by atoms with van der Waals surface area (Å²) in [4.78, 5) is 34.3. The van der Waals surface area contributed by atoms with E-state index in [0.29, 0.717) is 37.4 Å². The van der Waals surface area contributed by atoms with Gasteiger partial charge in [-0.2, -0.15) is 0 Å². The maximum absolute atomic E-state index is 13.5. The Morgan fingerprint density at radius 1 is 1.09 bits per heavy atom. The predicted molar refractivity (Wildman–Crippen MR) is 131 cm³/mol. The average molecular weight is 492 g/mol. The number of aromatic nitrogens is 2. The molecule has 0 atom stereocenters. The summed E-state index contributed by atoms with van der Waals surface area (Å²) in [6.45, 7) is 3.24. The number of hydrogen-bond donors (Lipinski definition) is 0. The minimum absolute atomic E-state index is 0.140. The van der Waals surface area contributed by atoms with Crippen LogP contribution in [0.15, 0.2) is 73.3 Å². The summed E-state index contributed by atoms with van der Waals surface area (Å²) in [5.41, 5.74) is 1.39. The zero-order chi connectivity index (χ0) is 24.4. The number of thiophene rings is 1. The number of nitrogens with zero attached hydrogens (tertiary/aromatic N) is 5. The highest BCUT2D eigenvalue weighted by Gasteiger charge is 2.25. The third-order valence-electron chi connectivity index (χ3n) is 6.01. The van der Waals surface area contributed by atoms with E-state index < -0.39 is 4.92 Å². The second-order valence-corrected chi connectivity index (χ2v) is 9.44. The monoisotopic (exact) mass is 491 g/mol. The van der Waals surface area contributed by atoms with Crippen molar-refractivity contribution in [3.63, 3.8) is 0 Å². The number of benzene rings is 2. The van der Waals surface area contributed by atoms with Crippen LogP contribution in [0, 0.1) is 15.9 Å².